The molecule has 2 heterocycles. The minimum absolute atomic E-state index is 0.0348. The lowest BCUT2D eigenvalue weighted by Crippen LogP contribution is -2.41. The number of rotatable bonds is 8. The molecule has 0 bridgehead atoms. The highest BCUT2D eigenvalue weighted by atomic mass is 32.1. The molecule has 1 saturated heterocycles. The molecule has 1 amide bonds. The van der Waals surface area contributed by atoms with Gasteiger partial charge in [0.2, 0.25) is 5.91 Å². The minimum atomic E-state index is 0.0348. The van der Waals surface area contributed by atoms with Gasteiger partial charge in [0.15, 0.2) is 0 Å². The van der Waals surface area contributed by atoms with Crippen LogP contribution in [-0.2, 0) is 4.79 Å². The van der Waals surface area contributed by atoms with Crippen molar-refractivity contribution in [3.8, 4) is 0 Å². The van der Waals surface area contributed by atoms with E-state index in [1.807, 2.05) is 15.9 Å². The van der Waals surface area contributed by atoms with Gasteiger partial charge in [0, 0.05) is 31.1 Å². The highest BCUT2D eigenvalue weighted by Gasteiger charge is 2.31. The van der Waals surface area contributed by atoms with Gasteiger partial charge >= 0.3 is 0 Å². The summed E-state index contributed by atoms with van der Waals surface area (Å²) in [6.07, 6.45) is 2.70. The summed E-state index contributed by atoms with van der Waals surface area (Å²) in [5.41, 5.74) is 0. The molecule has 1 aromatic heterocycles. The van der Waals surface area contributed by atoms with Crippen molar-refractivity contribution in [3.63, 3.8) is 0 Å². The smallest absolute Gasteiger partial charge is 0.237 e. The van der Waals surface area contributed by atoms with Gasteiger partial charge in [-0.05, 0) is 30.7 Å². The first kappa shape index (κ1) is 16.4. The Hall–Kier alpha value is -0.950. The van der Waals surface area contributed by atoms with Crippen molar-refractivity contribution >= 4 is 17.2 Å². The average Bonchev–Trinajstić information content (AvgIpc) is 3.14. The van der Waals surface area contributed by atoms with Crippen molar-refractivity contribution in [2.75, 3.05) is 39.4 Å². The Morgan fingerprint density at radius 2 is 2.24 bits per heavy atom. The summed E-state index contributed by atoms with van der Waals surface area (Å²) >= 11 is 1.70. The lowest BCUT2D eigenvalue weighted by molar-refractivity contribution is -0.133. The van der Waals surface area contributed by atoms with E-state index in [4.69, 9.17) is 10.2 Å². The number of hydrogen-bond acceptors (Lipinski definition) is 5. The largest absolute Gasteiger partial charge is 0.396 e. The van der Waals surface area contributed by atoms with E-state index in [0.717, 1.165) is 19.4 Å². The Bertz CT molecular complexity index is 425. The topological polar surface area (TPSA) is 64.0 Å². The van der Waals surface area contributed by atoms with Crippen molar-refractivity contribution in [3.05, 3.63) is 22.4 Å². The maximum atomic E-state index is 12.5. The fourth-order valence-electron chi connectivity index (χ4n) is 2.83. The average molecular weight is 312 g/mol. The van der Waals surface area contributed by atoms with E-state index < -0.39 is 0 Å². The van der Waals surface area contributed by atoms with E-state index >= 15 is 0 Å². The number of carbonyl (C=O) groups excluding carboxylic acids is 1. The van der Waals surface area contributed by atoms with E-state index in [1.54, 1.807) is 11.3 Å². The molecule has 2 rings (SSSR count). The predicted octanol–water partition coefficient (Wildman–Crippen LogP) is 1.09. The van der Waals surface area contributed by atoms with Crippen molar-refractivity contribution in [2.24, 2.45) is 0 Å². The van der Waals surface area contributed by atoms with Crippen LogP contribution in [0, 0.1) is 0 Å². The molecule has 6 heteroatoms. The van der Waals surface area contributed by atoms with Gasteiger partial charge in [-0.1, -0.05) is 6.07 Å². The van der Waals surface area contributed by atoms with Gasteiger partial charge in [-0.3, -0.25) is 9.69 Å². The van der Waals surface area contributed by atoms with Crippen molar-refractivity contribution in [1.29, 1.82) is 0 Å². The Kier molecular flexibility index (Phi) is 6.63. The second kappa shape index (κ2) is 8.48. The van der Waals surface area contributed by atoms with Crippen molar-refractivity contribution < 1.29 is 15.0 Å². The van der Waals surface area contributed by atoms with E-state index in [0.29, 0.717) is 26.1 Å². The number of nitrogens with zero attached hydrogens (tertiary/aromatic N) is 2. The highest BCUT2D eigenvalue weighted by Crippen LogP contribution is 2.34. The molecule has 0 aliphatic carbocycles. The van der Waals surface area contributed by atoms with Gasteiger partial charge in [-0.2, -0.15) is 0 Å². The SMILES string of the molecule is O=C(CN(CCO)CCCO)N1CCCC1c1cccs1. The minimum Gasteiger partial charge on any atom is -0.396 e. The first-order valence-electron chi connectivity index (χ1n) is 7.53. The van der Waals surface area contributed by atoms with E-state index in [1.165, 1.54) is 4.88 Å². The number of aliphatic hydroxyl groups is 2. The third-order valence-electron chi connectivity index (χ3n) is 3.85. The van der Waals surface area contributed by atoms with Crippen LogP contribution in [-0.4, -0.2) is 65.3 Å². The standard InChI is InChI=1S/C15H24N2O3S/c18-9-3-6-16(8-10-19)12-15(20)17-7-1-4-13(17)14-5-2-11-21-14/h2,5,11,13,18-19H,1,3-4,6-10,12H2. The Labute approximate surface area is 129 Å². The Morgan fingerprint density at radius 1 is 1.38 bits per heavy atom. The molecule has 0 aromatic carbocycles. The summed E-state index contributed by atoms with van der Waals surface area (Å²) in [6.45, 7) is 2.39. The highest BCUT2D eigenvalue weighted by molar-refractivity contribution is 7.10. The fourth-order valence-corrected chi connectivity index (χ4v) is 3.70. The van der Waals surface area contributed by atoms with E-state index in [-0.39, 0.29) is 25.2 Å². The Balaban J connectivity index is 1.94. The Morgan fingerprint density at radius 3 is 2.90 bits per heavy atom. The summed E-state index contributed by atoms with van der Waals surface area (Å²) < 4.78 is 0. The number of carbonyl (C=O) groups is 1. The van der Waals surface area contributed by atoms with Crippen LogP contribution in [0.15, 0.2) is 17.5 Å². The second-order valence-corrected chi connectivity index (χ2v) is 6.32. The summed E-state index contributed by atoms with van der Waals surface area (Å²) in [5.74, 6) is 0.122. The molecule has 21 heavy (non-hydrogen) atoms. The van der Waals surface area contributed by atoms with E-state index in [2.05, 4.69) is 11.4 Å². The molecule has 1 aromatic rings. The lowest BCUT2D eigenvalue weighted by Gasteiger charge is -2.28. The molecule has 5 nitrogen and oxygen atoms in total. The van der Waals surface area contributed by atoms with Crippen LogP contribution in [0.3, 0.4) is 0 Å². The molecule has 118 valence electrons. The number of thiophene rings is 1. The van der Waals surface area contributed by atoms with Gasteiger partial charge < -0.3 is 15.1 Å². The molecular formula is C15H24N2O3S. The third kappa shape index (κ3) is 4.51. The third-order valence-corrected chi connectivity index (χ3v) is 4.83. The molecule has 0 radical (unpaired) electrons. The van der Waals surface area contributed by atoms with Crippen LogP contribution in [0.5, 0.6) is 0 Å². The van der Waals surface area contributed by atoms with E-state index in [9.17, 15) is 4.79 Å². The molecule has 1 aliphatic rings. The predicted molar refractivity (Wildman–Crippen MR) is 83.2 cm³/mol. The zero-order valence-electron chi connectivity index (χ0n) is 12.3. The number of aliphatic hydroxyl groups excluding tert-OH is 2. The van der Waals surface area contributed by atoms with Crippen LogP contribution in [0.2, 0.25) is 0 Å². The maximum absolute atomic E-state index is 12.5. The summed E-state index contributed by atoms with van der Waals surface area (Å²) in [7, 11) is 0. The van der Waals surface area contributed by atoms with Crippen LogP contribution < -0.4 is 0 Å². The van der Waals surface area contributed by atoms with Gasteiger partial charge in [0.1, 0.15) is 0 Å². The molecule has 0 spiro atoms. The molecule has 1 atom stereocenters. The van der Waals surface area contributed by atoms with Gasteiger partial charge in [-0.25, -0.2) is 0 Å². The fraction of sp³-hybridized carbons (Fsp3) is 0.667. The zero-order valence-corrected chi connectivity index (χ0v) is 13.1. The lowest BCUT2D eigenvalue weighted by atomic mass is 10.2. The first-order chi connectivity index (χ1) is 10.3. The van der Waals surface area contributed by atoms with Gasteiger partial charge in [0.25, 0.3) is 0 Å². The molecule has 2 N–H and O–H groups in total. The summed E-state index contributed by atoms with van der Waals surface area (Å²) in [5, 5.41) is 20.1. The molecular weight excluding hydrogens is 288 g/mol. The van der Waals surface area contributed by atoms with Gasteiger partial charge in [0.05, 0.1) is 19.2 Å². The second-order valence-electron chi connectivity index (χ2n) is 5.34. The molecule has 0 saturated carbocycles. The first-order valence-corrected chi connectivity index (χ1v) is 8.41. The molecule has 1 unspecified atom stereocenters. The number of hydrogen-bond donors (Lipinski definition) is 2. The number of likely N-dealkylation sites (tertiary alicyclic amines) is 1. The normalized spacial score (nSPS) is 18.6. The summed E-state index contributed by atoms with van der Waals surface area (Å²) in [6, 6.07) is 4.34. The molecule has 1 fully saturated rings. The van der Waals surface area contributed by atoms with Crippen LogP contribution >= 0.6 is 11.3 Å². The quantitative estimate of drug-likeness (QED) is 0.754. The molecule has 1 aliphatic heterocycles. The summed E-state index contributed by atoms with van der Waals surface area (Å²) in [4.78, 5) is 17.7. The maximum Gasteiger partial charge on any atom is 0.237 e. The monoisotopic (exact) mass is 312 g/mol. The zero-order chi connectivity index (χ0) is 15.1. The van der Waals surface area contributed by atoms with Crippen LogP contribution in [0.1, 0.15) is 30.2 Å². The van der Waals surface area contributed by atoms with Crippen molar-refractivity contribution in [2.45, 2.75) is 25.3 Å². The van der Waals surface area contributed by atoms with Crippen LogP contribution in [0.4, 0.5) is 0 Å². The van der Waals surface area contributed by atoms with Crippen LogP contribution in [0.25, 0.3) is 0 Å². The van der Waals surface area contributed by atoms with Gasteiger partial charge in [-0.15, -0.1) is 11.3 Å². The van der Waals surface area contributed by atoms with Crippen molar-refractivity contribution in [1.82, 2.24) is 9.80 Å². The number of amides is 1.